The summed E-state index contributed by atoms with van der Waals surface area (Å²) < 4.78 is 17.6. The van der Waals surface area contributed by atoms with Crippen LogP contribution in [0.5, 0.6) is 5.75 Å². The molecule has 0 radical (unpaired) electrons. The number of carbonyl (C=O) groups is 3. The van der Waals surface area contributed by atoms with Crippen molar-refractivity contribution in [3.63, 3.8) is 0 Å². The molecule has 6 heterocycles. The molecule has 3 N–H and O–H groups in total. The quantitative estimate of drug-likeness (QED) is 0.252. The Morgan fingerprint density at radius 2 is 1.76 bits per heavy atom. The van der Waals surface area contributed by atoms with E-state index in [1.807, 2.05) is 43.1 Å². The zero-order valence-corrected chi connectivity index (χ0v) is 32.7. The Bertz CT molecular complexity index is 2090. The van der Waals surface area contributed by atoms with Gasteiger partial charge in [0.25, 0.3) is 0 Å². The highest BCUT2D eigenvalue weighted by Gasteiger charge is 2.76. The molecule has 1 saturated carbocycles. The van der Waals surface area contributed by atoms with Crippen molar-refractivity contribution in [2.75, 3.05) is 66.0 Å². The van der Waals surface area contributed by atoms with Crippen molar-refractivity contribution >= 4 is 34.8 Å². The highest BCUT2D eigenvalue weighted by atomic mass is 16.5. The fraction of sp³-hybridized carbons (Fsp3) is 0.605. The molecular weight excluding hydrogens is 700 g/mol. The normalized spacial score (nSPS) is 37.8. The van der Waals surface area contributed by atoms with E-state index in [1.54, 1.807) is 7.11 Å². The lowest BCUT2D eigenvalue weighted by Gasteiger charge is -2.60. The van der Waals surface area contributed by atoms with Gasteiger partial charge in [0.2, 0.25) is 0 Å². The molecule has 1 aliphatic carbocycles. The molecule has 12 nitrogen and oxygen atoms in total. The summed E-state index contributed by atoms with van der Waals surface area (Å²) in [5, 5.41) is 25.7. The number of aldehydes is 1. The van der Waals surface area contributed by atoms with Crippen LogP contribution >= 0.6 is 0 Å². The number of hydrogen-bond donors (Lipinski definition) is 3. The maximum atomic E-state index is 15.2. The number of anilines is 1. The van der Waals surface area contributed by atoms with Crippen molar-refractivity contribution in [2.24, 2.45) is 11.3 Å². The third-order valence-electron chi connectivity index (χ3n) is 15.1. The number of piperidine rings is 2. The van der Waals surface area contributed by atoms with E-state index in [-0.39, 0.29) is 18.4 Å². The summed E-state index contributed by atoms with van der Waals surface area (Å²) in [6.45, 7) is 5.55. The van der Waals surface area contributed by atoms with E-state index >= 15 is 4.79 Å². The molecule has 2 aromatic carbocycles. The summed E-state index contributed by atoms with van der Waals surface area (Å²) in [6, 6.07) is 11.2. The molecule has 2 bridgehead atoms. The number of nitrogens with zero attached hydrogens (tertiary/aromatic N) is 3. The molecular formula is C43H54N4O8. The zero-order chi connectivity index (χ0) is 38.7. The fourth-order valence-corrected chi connectivity index (χ4v) is 13.2. The second kappa shape index (κ2) is 12.5. The first-order valence-corrected chi connectivity index (χ1v) is 20.0. The average Bonchev–Trinajstić information content (AvgIpc) is 3.85. The van der Waals surface area contributed by atoms with Crippen LogP contribution in [0.2, 0.25) is 0 Å². The number of aliphatic hydroxyl groups is 2. The first-order valence-electron chi connectivity index (χ1n) is 20.0. The summed E-state index contributed by atoms with van der Waals surface area (Å²) in [6.07, 6.45) is 5.02. The van der Waals surface area contributed by atoms with Crippen LogP contribution in [-0.2, 0) is 41.1 Å². The van der Waals surface area contributed by atoms with Gasteiger partial charge in [0.1, 0.15) is 17.5 Å². The number of benzene rings is 2. The molecule has 0 amide bonds. The van der Waals surface area contributed by atoms with Gasteiger partial charge in [-0.15, -0.1) is 0 Å². The number of hydrogen-bond acceptors (Lipinski definition) is 11. The summed E-state index contributed by atoms with van der Waals surface area (Å²) in [7, 11) is 6.23. The Balaban J connectivity index is 1.35. The molecule has 4 fully saturated rings. The lowest BCUT2D eigenvalue weighted by molar-refractivity contribution is -0.186. The zero-order valence-electron chi connectivity index (χ0n) is 32.7. The van der Waals surface area contributed by atoms with Gasteiger partial charge in [0.05, 0.1) is 33.0 Å². The first-order chi connectivity index (χ1) is 26.4. The number of likely N-dealkylation sites (N-methyl/N-ethyl adjacent to an activating group) is 1. The highest BCUT2D eigenvalue weighted by molar-refractivity contribution is 5.95. The topological polar surface area (TPSA) is 145 Å². The van der Waals surface area contributed by atoms with Crippen molar-refractivity contribution in [3.05, 3.63) is 58.8 Å². The van der Waals surface area contributed by atoms with Crippen molar-refractivity contribution in [1.82, 2.24) is 14.8 Å². The van der Waals surface area contributed by atoms with Crippen LogP contribution in [-0.4, -0.2) is 128 Å². The molecule has 5 aliphatic heterocycles. The minimum atomic E-state index is -1.99. The molecule has 3 saturated heterocycles. The number of para-hydroxylation sites is 1. The van der Waals surface area contributed by atoms with Gasteiger partial charge in [0, 0.05) is 83.9 Å². The number of fused-ring (bicyclic) bond motifs is 6. The number of nitrogens with one attached hydrogen (secondary N) is 1. The Hall–Kier alpha value is -3.97. The maximum absolute atomic E-state index is 15.2. The van der Waals surface area contributed by atoms with Crippen LogP contribution in [0.4, 0.5) is 5.69 Å². The number of rotatable bonds is 6. The van der Waals surface area contributed by atoms with E-state index in [1.165, 1.54) is 14.2 Å². The van der Waals surface area contributed by atoms with Gasteiger partial charge >= 0.3 is 11.9 Å². The Morgan fingerprint density at radius 1 is 0.982 bits per heavy atom. The molecule has 1 unspecified atom stereocenters. The van der Waals surface area contributed by atoms with Crippen molar-refractivity contribution < 1.29 is 38.8 Å². The SMILES string of the molecule is CC[C@]1(O)C[C@@H]2CN(CCc3c([nH]c4ccccc34)[C@@](C(=O)OC)(c3cc4c(cc3OC)N(C)[C@@H]3[C@]45CCN4CCC[C@@](C=O)(C[C@]3(O)C(=O)OC)[C@H]45)C2)C1. The number of methoxy groups -OCH3 is 3. The Morgan fingerprint density at radius 3 is 2.49 bits per heavy atom. The minimum Gasteiger partial charge on any atom is -0.496 e. The highest BCUT2D eigenvalue weighted by Crippen LogP contribution is 2.67. The molecule has 6 aliphatic rings. The van der Waals surface area contributed by atoms with Crippen LogP contribution in [0.15, 0.2) is 36.4 Å². The largest absolute Gasteiger partial charge is 0.496 e. The molecule has 1 aromatic heterocycles. The lowest BCUT2D eigenvalue weighted by atomic mass is 9.49. The number of aromatic nitrogens is 1. The van der Waals surface area contributed by atoms with Gasteiger partial charge in [-0.25, -0.2) is 4.79 Å². The lowest BCUT2D eigenvalue weighted by Crippen LogP contribution is -2.75. The average molecular weight is 755 g/mol. The predicted octanol–water partition coefficient (Wildman–Crippen LogP) is 3.46. The van der Waals surface area contributed by atoms with Crippen molar-refractivity contribution in [1.29, 1.82) is 0 Å². The summed E-state index contributed by atoms with van der Waals surface area (Å²) in [4.78, 5) is 53.1. The van der Waals surface area contributed by atoms with E-state index < -0.39 is 45.4 Å². The number of H-pyrrole nitrogens is 1. The number of esters is 2. The maximum Gasteiger partial charge on any atom is 0.340 e. The van der Waals surface area contributed by atoms with Crippen molar-refractivity contribution in [2.45, 2.75) is 92.4 Å². The van der Waals surface area contributed by atoms with E-state index in [0.717, 1.165) is 65.8 Å². The molecule has 12 heteroatoms. The molecule has 3 aromatic rings. The summed E-state index contributed by atoms with van der Waals surface area (Å²) in [5.41, 5.74) is -1.14. The fourth-order valence-electron chi connectivity index (χ4n) is 13.2. The first kappa shape index (κ1) is 36.7. The van der Waals surface area contributed by atoms with E-state index in [9.17, 15) is 19.8 Å². The van der Waals surface area contributed by atoms with Gasteiger partial charge in [0.15, 0.2) is 5.60 Å². The molecule has 294 valence electrons. The van der Waals surface area contributed by atoms with Gasteiger partial charge in [-0.05, 0) is 87.2 Å². The summed E-state index contributed by atoms with van der Waals surface area (Å²) >= 11 is 0. The standard InChI is InChI=1S/C43H54N4O8/c1-6-40(51)20-26-21-42(37(49)54-4,34-28(12-16-46(22-26)24-40)27-10-7-8-11-31(27)44-34)30-18-29-32(19-33(30)53-3)45(2)36-41(29)14-17-47-15-9-13-39(25-48,35(41)47)23-43(36,52)38(50)55-5/h7-8,10-11,18-19,25-26,35-36,44,51-52H,6,9,12-17,20-24H2,1-5H3/t26-,35-,36+,39-,40-,41+,42-,43+/m0/s1. The van der Waals surface area contributed by atoms with Crippen LogP contribution in [0.25, 0.3) is 10.9 Å². The minimum absolute atomic E-state index is 0.0326. The van der Waals surface area contributed by atoms with E-state index in [2.05, 4.69) is 26.9 Å². The molecule has 1 spiro atoms. The van der Waals surface area contributed by atoms with Gasteiger partial charge in [-0.1, -0.05) is 25.1 Å². The van der Waals surface area contributed by atoms with Crippen molar-refractivity contribution in [3.8, 4) is 5.75 Å². The van der Waals surface area contributed by atoms with Gasteiger partial charge < -0.3 is 39.1 Å². The molecule has 9 rings (SSSR count). The smallest absolute Gasteiger partial charge is 0.340 e. The van der Waals surface area contributed by atoms with Crippen LogP contribution in [0.1, 0.15) is 74.3 Å². The Kier molecular flexibility index (Phi) is 8.34. The number of aromatic amines is 1. The predicted molar refractivity (Wildman–Crippen MR) is 205 cm³/mol. The van der Waals surface area contributed by atoms with Gasteiger partial charge in [-0.2, -0.15) is 0 Å². The van der Waals surface area contributed by atoms with Crippen LogP contribution < -0.4 is 9.64 Å². The Labute approximate surface area is 322 Å². The van der Waals surface area contributed by atoms with Crippen LogP contribution in [0.3, 0.4) is 0 Å². The van der Waals surface area contributed by atoms with E-state index in [4.69, 9.17) is 14.2 Å². The number of ether oxygens (including phenoxy) is 3. The third-order valence-corrected chi connectivity index (χ3v) is 15.1. The molecule has 55 heavy (non-hydrogen) atoms. The second-order valence-corrected chi connectivity index (χ2v) is 17.6. The summed E-state index contributed by atoms with van der Waals surface area (Å²) in [5.74, 6) is -0.776. The second-order valence-electron chi connectivity index (χ2n) is 17.6. The molecule has 9 atom stereocenters. The van der Waals surface area contributed by atoms with E-state index in [0.29, 0.717) is 62.9 Å². The third kappa shape index (κ3) is 4.74. The van der Waals surface area contributed by atoms with Crippen LogP contribution in [0, 0.1) is 11.3 Å². The number of carbonyl (C=O) groups excluding carboxylic acids is 3. The van der Waals surface area contributed by atoms with Gasteiger partial charge in [-0.3, -0.25) is 14.6 Å². The monoisotopic (exact) mass is 754 g/mol.